The zero-order chi connectivity index (χ0) is 38.9. The van der Waals surface area contributed by atoms with Crippen LogP contribution >= 0.6 is 0 Å². The van der Waals surface area contributed by atoms with E-state index in [0.29, 0.717) is 17.5 Å². The lowest BCUT2D eigenvalue weighted by molar-refractivity contribution is 0.794. The van der Waals surface area contributed by atoms with Gasteiger partial charge in [0.1, 0.15) is 0 Å². The standard InChI is InChI=1S/C56H35N3/c1-3-17-36(18-4-1)39-33-40(37-19-5-2-6-20-37)35-41(34-39)53-57-54(45-27-15-22-38-21-7-8-23-42(38)45)59-55(58-53)47-28-16-32-51-52(47)46-26-11-14-31-50(46)56(51)48-29-12-9-24-43(48)44-25-10-13-30-49(44)56/h1-35H. The number of hydrogen-bond donors (Lipinski definition) is 0. The Bertz CT molecular complexity index is 3170. The maximum absolute atomic E-state index is 5.48. The van der Waals surface area contributed by atoms with Crippen LogP contribution in [0.15, 0.2) is 212 Å². The molecule has 0 bridgehead atoms. The summed E-state index contributed by atoms with van der Waals surface area (Å²) in [5, 5.41) is 2.24. The van der Waals surface area contributed by atoms with E-state index in [1.54, 1.807) is 0 Å². The Morgan fingerprint density at radius 3 is 1.36 bits per heavy atom. The molecule has 0 saturated carbocycles. The average molecular weight is 750 g/mol. The van der Waals surface area contributed by atoms with Gasteiger partial charge in [0.25, 0.3) is 0 Å². The van der Waals surface area contributed by atoms with Crippen LogP contribution in [0.5, 0.6) is 0 Å². The van der Waals surface area contributed by atoms with Gasteiger partial charge in [-0.25, -0.2) is 15.0 Å². The van der Waals surface area contributed by atoms with Crippen molar-refractivity contribution < 1.29 is 0 Å². The number of rotatable bonds is 5. The van der Waals surface area contributed by atoms with Crippen molar-refractivity contribution in [1.82, 2.24) is 15.0 Å². The van der Waals surface area contributed by atoms with Crippen molar-refractivity contribution in [2.45, 2.75) is 5.41 Å². The van der Waals surface area contributed by atoms with Gasteiger partial charge in [-0.05, 0) is 95.7 Å². The summed E-state index contributed by atoms with van der Waals surface area (Å²) < 4.78 is 0. The van der Waals surface area contributed by atoms with Gasteiger partial charge in [0, 0.05) is 16.7 Å². The molecule has 12 rings (SSSR count). The van der Waals surface area contributed by atoms with Gasteiger partial charge in [0.05, 0.1) is 5.41 Å². The molecule has 3 nitrogen and oxygen atoms in total. The zero-order valence-corrected chi connectivity index (χ0v) is 32.0. The molecule has 3 heteroatoms. The van der Waals surface area contributed by atoms with Crippen LogP contribution in [0.25, 0.3) is 89.4 Å². The molecule has 2 aliphatic carbocycles. The van der Waals surface area contributed by atoms with Gasteiger partial charge in [-0.15, -0.1) is 0 Å². The average Bonchev–Trinajstić information content (AvgIpc) is 3.79. The van der Waals surface area contributed by atoms with Gasteiger partial charge in [0.2, 0.25) is 0 Å². The first-order chi connectivity index (χ1) is 29.3. The fourth-order valence-electron chi connectivity index (χ4n) is 9.85. The molecule has 0 radical (unpaired) electrons. The Morgan fingerprint density at radius 1 is 0.271 bits per heavy atom. The van der Waals surface area contributed by atoms with Crippen LogP contribution in [-0.2, 0) is 5.41 Å². The Balaban J connectivity index is 1.15. The number of nitrogens with zero attached hydrogens (tertiary/aromatic N) is 3. The summed E-state index contributed by atoms with van der Waals surface area (Å²) >= 11 is 0. The molecule has 0 amide bonds. The minimum Gasteiger partial charge on any atom is -0.208 e. The predicted octanol–water partition coefficient (Wildman–Crippen LogP) is 13.7. The number of hydrogen-bond acceptors (Lipinski definition) is 3. The summed E-state index contributed by atoms with van der Waals surface area (Å²) in [6.45, 7) is 0. The first-order valence-electron chi connectivity index (χ1n) is 20.2. The second-order valence-electron chi connectivity index (χ2n) is 15.5. The summed E-state index contributed by atoms with van der Waals surface area (Å²) in [4.78, 5) is 16.3. The highest BCUT2D eigenvalue weighted by molar-refractivity contribution is 6.00. The summed E-state index contributed by atoms with van der Waals surface area (Å²) in [6.07, 6.45) is 0. The van der Waals surface area contributed by atoms with Crippen molar-refractivity contribution in [3.05, 3.63) is 235 Å². The molecular weight excluding hydrogens is 715 g/mol. The lowest BCUT2D eigenvalue weighted by Crippen LogP contribution is -2.25. The lowest BCUT2D eigenvalue weighted by atomic mass is 9.70. The van der Waals surface area contributed by atoms with Gasteiger partial charge in [-0.2, -0.15) is 0 Å². The third-order valence-corrected chi connectivity index (χ3v) is 12.3. The van der Waals surface area contributed by atoms with E-state index in [1.807, 2.05) is 0 Å². The van der Waals surface area contributed by atoms with Gasteiger partial charge in [0.15, 0.2) is 17.5 Å². The smallest absolute Gasteiger partial charge is 0.164 e. The van der Waals surface area contributed by atoms with Crippen LogP contribution in [0.3, 0.4) is 0 Å². The van der Waals surface area contributed by atoms with E-state index < -0.39 is 5.41 Å². The second-order valence-corrected chi connectivity index (χ2v) is 15.5. The molecule has 1 heterocycles. The van der Waals surface area contributed by atoms with Crippen LogP contribution < -0.4 is 0 Å². The second kappa shape index (κ2) is 13.2. The topological polar surface area (TPSA) is 38.7 Å². The molecule has 1 aromatic heterocycles. The normalized spacial score (nSPS) is 12.9. The molecular formula is C56H35N3. The van der Waals surface area contributed by atoms with Crippen LogP contribution in [0.4, 0.5) is 0 Å². The Labute approximate surface area is 343 Å². The monoisotopic (exact) mass is 749 g/mol. The Kier molecular flexibility index (Phi) is 7.45. The van der Waals surface area contributed by atoms with Crippen LogP contribution in [-0.4, -0.2) is 15.0 Å². The summed E-state index contributed by atoms with van der Waals surface area (Å²) in [6, 6.07) is 76.2. The summed E-state index contributed by atoms with van der Waals surface area (Å²) in [5.74, 6) is 1.92. The first kappa shape index (κ1) is 33.4. The molecule has 2 aliphatic rings. The molecule has 274 valence electrons. The lowest BCUT2D eigenvalue weighted by Gasteiger charge is -2.30. The first-order valence-corrected chi connectivity index (χ1v) is 20.2. The van der Waals surface area contributed by atoms with Gasteiger partial charge in [-0.3, -0.25) is 0 Å². The van der Waals surface area contributed by atoms with Crippen molar-refractivity contribution in [2.75, 3.05) is 0 Å². The third-order valence-electron chi connectivity index (χ3n) is 12.3. The molecule has 9 aromatic carbocycles. The maximum Gasteiger partial charge on any atom is 0.164 e. The van der Waals surface area contributed by atoms with Crippen molar-refractivity contribution >= 4 is 10.8 Å². The minimum atomic E-state index is -0.474. The predicted molar refractivity (Wildman–Crippen MR) is 241 cm³/mol. The van der Waals surface area contributed by atoms with Crippen molar-refractivity contribution in [1.29, 1.82) is 0 Å². The van der Waals surface area contributed by atoms with E-state index >= 15 is 0 Å². The highest BCUT2D eigenvalue weighted by atomic mass is 15.0. The molecule has 0 unspecified atom stereocenters. The van der Waals surface area contributed by atoms with Crippen LogP contribution in [0.1, 0.15) is 22.3 Å². The summed E-state index contributed by atoms with van der Waals surface area (Å²) in [5.41, 5.74) is 17.0. The van der Waals surface area contributed by atoms with Crippen molar-refractivity contribution in [3.63, 3.8) is 0 Å². The van der Waals surface area contributed by atoms with E-state index in [1.165, 1.54) is 44.5 Å². The number of fused-ring (bicyclic) bond motifs is 11. The Hall–Kier alpha value is -7.75. The molecule has 0 atom stereocenters. The van der Waals surface area contributed by atoms with Crippen LogP contribution in [0, 0.1) is 0 Å². The Morgan fingerprint density at radius 2 is 0.695 bits per heavy atom. The highest BCUT2D eigenvalue weighted by Crippen LogP contribution is 2.63. The number of aromatic nitrogens is 3. The van der Waals surface area contributed by atoms with Crippen molar-refractivity contribution in [3.8, 4) is 78.7 Å². The fraction of sp³-hybridized carbons (Fsp3) is 0.0179. The fourth-order valence-corrected chi connectivity index (χ4v) is 9.85. The van der Waals surface area contributed by atoms with Gasteiger partial charge >= 0.3 is 0 Å². The van der Waals surface area contributed by atoms with E-state index in [2.05, 4.69) is 212 Å². The number of benzene rings is 9. The van der Waals surface area contributed by atoms with Gasteiger partial charge < -0.3 is 0 Å². The van der Waals surface area contributed by atoms with E-state index in [4.69, 9.17) is 15.0 Å². The van der Waals surface area contributed by atoms with Crippen LogP contribution in [0.2, 0.25) is 0 Å². The molecule has 1 spiro atoms. The SMILES string of the molecule is c1ccc(-c2cc(-c3ccccc3)cc(-c3nc(-c4cccc5c4-c4ccccc4C54c5ccccc5-c5ccccc54)nc(-c4cccc5ccccc45)n3)c2)cc1. The molecule has 0 N–H and O–H groups in total. The maximum atomic E-state index is 5.48. The largest absolute Gasteiger partial charge is 0.208 e. The van der Waals surface area contributed by atoms with E-state index in [9.17, 15) is 0 Å². The molecule has 0 saturated heterocycles. The van der Waals surface area contributed by atoms with E-state index in [-0.39, 0.29) is 0 Å². The highest BCUT2D eigenvalue weighted by Gasteiger charge is 2.52. The minimum absolute atomic E-state index is 0.474. The van der Waals surface area contributed by atoms with E-state index in [0.717, 1.165) is 49.7 Å². The van der Waals surface area contributed by atoms with Gasteiger partial charge in [-0.1, -0.05) is 194 Å². The molecule has 59 heavy (non-hydrogen) atoms. The quantitative estimate of drug-likeness (QED) is 0.176. The summed E-state index contributed by atoms with van der Waals surface area (Å²) in [7, 11) is 0. The molecule has 10 aromatic rings. The molecule has 0 aliphatic heterocycles. The van der Waals surface area contributed by atoms with Crippen molar-refractivity contribution in [2.24, 2.45) is 0 Å². The third kappa shape index (κ3) is 5.05. The zero-order valence-electron chi connectivity index (χ0n) is 32.0. The molecule has 0 fully saturated rings.